The molecular formula is C14H19N5O. The summed E-state index contributed by atoms with van der Waals surface area (Å²) in [6.07, 6.45) is 5.54. The van der Waals surface area contributed by atoms with Crippen molar-refractivity contribution >= 4 is 11.5 Å². The van der Waals surface area contributed by atoms with Gasteiger partial charge in [-0.1, -0.05) is 0 Å². The maximum atomic E-state index is 5.35. The zero-order valence-corrected chi connectivity index (χ0v) is 11.6. The molecule has 2 aromatic rings. The van der Waals surface area contributed by atoms with Crippen LogP contribution in [0.4, 0.5) is 11.5 Å². The summed E-state index contributed by atoms with van der Waals surface area (Å²) < 4.78 is 7.35. The van der Waals surface area contributed by atoms with E-state index in [0.717, 1.165) is 50.0 Å². The molecule has 2 aromatic heterocycles. The highest BCUT2D eigenvalue weighted by atomic mass is 16.5. The van der Waals surface area contributed by atoms with E-state index in [2.05, 4.69) is 32.3 Å². The lowest BCUT2D eigenvalue weighted by atomic mass is 10.3. The van der Waals surface area contributed by atoms with Crippen LogP contribution in [0.15, 0.2) is 30.9 Å². The molecule has 1 N–H and O–H groups in total. The molecule has 20 heavy (non-hydrogen) atoms. The number of anilines is 2. The third kappa shape index (κ3) is 2.91. The van der Waals surface area contributed by atoms with Crippen molar-refractivity contribution in [3.8, 4) is 0 Å². The average molecular weight is 273 g/mol. The zero-order valence-electron chi connectivity index (χ0n) is 11.6. The molecule has 0 spiro atoms. The molecule has 0 atom stereocenters. The maximum absolute atomic E-state index is 5.35. The van der Waals surface area contributed by atoms with Crippen LogP contribution < -0.4 is 10.2 Å². The second-order valence-corrected chi connectivity index (χ2v) is 4.85. The van der Waals surface area contributed by atoms with Crippen molar-refractivity contribution in [1.82, 2.24) is 14.5 Å². The first-order valence-electron chi connectivity index (χ1n) is 6.81. The molecule has 1 aliphatic rings. The SMILES string of the molecule is Cn1cncc1CNc1ccc(N2CCOCC2)nc1. The highest BCUT2D eigenvalue weighted by Gasteiger charge is 2.11. The summed E-state index contributed by atoms with van der Waals surface area (Å²) in [6, 6.07) is 4.12. The zero-order chi connectivity index (χ0) is 13.8. The number of rotatable bonds is 4. The van der Waals surface area contributed by atoms with Gasteiger partial charge in [0.05, 0.1) is 43.7 Å². The van der Waals surface area contributed by atoms with Gasteiger partial charge >= 0.3 is 0 Å². The van der Waals surface area contributed by atoms with Gasteiger partial charge in [0.2, 0.25) is 0 Å². The minimum atomic E-state index is 0.745. The number of aryl methyl sites for hydroxylation is 1. The molecule has 0 aromatic carbocycles. The van der Waals surface area contributed by atoms with Gasteiger partial charge in [-0.3, -0.25) is 0 Å². The van der Waals surface area contributed by atoms with Gasteiger partial charge < -0.3 is 19.5 Å². The second-order valence-electron chi connectivity index (χ2n) is 4.85. The van der Waals surface area contributed by atoms with Crippen LogP contribution in [0.1, 0.15) is 5.69 Å². The van der Waals surface area contributed by atoms with Crippen molar-refractivity contribution in [2.45, 2.75) is 6.54 Å². The molecule has 1 fully saturated rings. The fraction of sp³-hybridized carbons (Fsp3) is 0.429. The first-order valence-corrected chi connectivity index (χ1v) is 6.81. The monoisotopic (exact) mass is 273 g/mol. The number of nitrogens with one attached hydrogen (secondary N) is 1. The molecular weight excluding hydrogens is 254 g/mol. The van der Waals surface area contributed by atoms with Crippen LogP contribution in [0.5, 0.6) is 0 Å². The van der Waals surface area contributed by atoms with Gasteiger partial charge in [-0.15, -0.1) is 0 Å². The summed E-state index contributed by atoms with van der Waals surface area (Å²) in [4.78, 5) is 10.9. The van der Waals surface area contributed by atoms with Gasteiger partial charge in [0.15, 0.2) is 0 Å². The highest BCUT2D eigenvalue weighted by Crippen LogP contribution is 2.15. The van der Waals surface area contributed by atoms with Crippen molar-refractivity contribution in [2.75, 3.05) is 36.5 Å². The minimum Gasteiger partial charge on any atom is -0.378 e. The topological polar surface area (TPSA) is 55.2 Å². The third-order valence-corrected chi connectivity index (χ3v) is 3.47. The number of aromatic nitrogens is 3. The number of hydrogen-bond acceptors (Lipinski definition) is 5. The molecule has 0 bridgehead atoms. The predicted molar refractivity (Wildman–Crippen MR) is 77.8 cm³/mol. The lowest BCUT2D eigenvalue weighted by Gasteiger charge is -2.27. The van der Waals surface area contributed by atoms with E-state index < -0.39 is 0 Å². The average Bonchev–Trinajstić information content (AvgIpc) is 2.92. The molecule has 1 aliphatic heterocycles. The van der Waals surface area contributed by atoms with Gasteiger partial charge in [0, 0.05) is 26.3 Å². The van der Waals surface area contributed by atoms with E-state index in [4.69, 9.17) is 4.74 Å². The quantitative estimate of drug-likeness (QED) is 0.909. The summed E-state index contributed by atoms with van der Waals surface area (Å²) in [5, 5.41) is 3.35. The van der Waals surface area contributed by atoms with Gasteiger partial charge in [0.1, 0.15) is 5.82 Å². The molecule has 3 rings (SSSR count). The Morgan fingerprint density at radius 1 is 1.25 bits per heavy atom. The normalized spacial score (nSPS) is 15.3. The summed E-state index contributed by atoms with van der Waals surface area (Å²) >= 11 is 0. The van der Waals surface area contributed by atoms with E-state index in [9.17, 15) is 0 Å². The van der Waals surface area contributed by atoms with Crippen LogP contribution in [0.25, 0.3) is 0 Å². The van der Waals surface area contributed by atoms with Crippen LogP contribution in [0, 0.1) is 0 Å². The molecule has 1 saturated heterocycles. The Hall–Kier alpha value is -2.08. The van der Waals surface area contributed by atoms with Gasteiger partial charge in [-0.25, -0.2) is 9.97 Å². The van der Waals surface area contributed by atoms with Crippen molar-refractivity contribution in [3.05, 3.63) is 36.5 Å². The molecule has 0 saturated carbocycles. The number of hydrogen-bond donors (Lipinski definition) is 1. The van der Waals surface area contributed by atoms with Gasteiger partial charge in [0.25, 0.3) is 0 Å². The summed E-state index contributed by atoms with van der Waals surface area (Å²) in [6.45, 7) is 4.13. The summed E-state index contributed by atoms with van der Waals surface area (Å²) in [5.74, 6) is 1.01. The minimum absolute atomic E-state index is 0.745. The van der Waals surface area contributed by atoms with E-state index in [1.165, 1.54) is 0 Å². The standard InChI is InChI=1S/C14H19N5O/c1-18-11-15-9-13(18)10-16-12-2-3-14(17-8-12)19-4-6-20-7-5-19/h2-3,8-9,11,16H,4-7,10H2,1H3. The number of imidazole rings is 1. The van der Waals surface area contributed by atoms with Crippen molar-refractivity contribution in [2.24, 2.45) is 7.05 Å². The van der Waals surface area contributed by atoms with E-state index >= 15 is 0 Å². The van der Waals surface area contributed by atoms with Crippen molar-refractivity contribution in [1.29, 1.82) is 0 Å². The summed E-state index contributed by atoms with van der Waals surface area (Å²) in [5.41, 5.74) is 2.16. The Kier molecular flexibility index (Phi) is 3.83. The van der Waals surface area contributed by atoms with Crippen LogP contribution in [-0.4, -0.2) is 40.8 Å². The Labute approximate surface area is 118 Å². The Balaban J connectivity index is 1.59. The number of pyridine rings is 1. The molecule has 106 valence electrons. The number of morpholine rings is 1. The molecule has 6 heteroatoms. The highest BCUT2D eigenvalue weighted by molar-refractivity contribution is 5.48. The number of ether oxygens (including phenoxy) is 1. The number of nitrogens with zero attached hydrogens (tertiary/aromatic N) is 4. The van der Waals surface area contributed by atoms with E-state index in [0.29, 0.717) is 0 Å². The molecule has 3 heterocycles. The summed E-state index contributed by atoms with van der Waals surface area (Å²) in [7, 11) is 1.99. The van der Waals surface area contributed by atoms with E-state index in [-0.39, 0.29) is 0 Å². The Morgan fingerprint density at radius 3 is 2.75 bits per heavy atom. The first-order chi connectivity index (χ1) is 9.83. The van der Waals surface area contributed by atoms with Crippen LogP contribution in [0.2, 0.25) is 0 Å². The molecule has 0 radical (unpaired) electrons. The Morgan fingerprint density at radius 2 is 2.10 bits per heavy atom. The van der Waals surface area contributed by atoms with Gasteiger partial charge in [-0.2, -0.15) is 0 Å². The predicted octanol–water partition coefficient (Wildman–Crippen LogP) is 1.26. The fourth-order valence-corrected chi connectivity index (χ4v) is 2.22. The molecule has 0 unspecified atom stereocenters. The van der Waals surface area contributed by atoms with E-state index in [1.807, 2.05) is 24.0 Å². The third-order valence-electron chi connectivity index (χ3n) is 3.47. The fourth-order valence-electron chi connectivity index (χ4n) is 2.22. The van der Waals surface area contributed by atoms with Crippen molar-refractivity contribution in [3.63, 3.8) is 0 Å². The molecule has 6 nitrogen and oxygen atoms in total. The molecule has 0 aliphatic carbocycles. The second kappa shape index (κ2) is 5.92. The Bertz CT molecular complexity index is 545. The van der Waals surface area contributed by atoms with E-state index in [1.54, 1.807) is 6.33 Å². The lowest BCUT2D eigenvalue weighted by molar-refractivity contribution is 0.122. The maximum Gasteiger partial charge on any atom is 0.128 e. The van der Waals surface area contributed by atoms with Crippen LogP contribution >= 0.6 is 0 Å². The largest absolute Gasteiger partial charge is 0.378 e. The van der Waals surface area contributed by atoms with Crippen LogP contribution in [0.3, 0.4) is 0 Å². The first kappa shape index (κ1) is 12.9. The van der Waals surface area contributed by atoms with Crippen LogP contribution in [-0.2, 0) is 18.3 Å². The lowest BCUT2D eigenvalue weighted by Crippen LogP contribution is -2.36. The smallest absolute Gasteiger partial charge is 0.128 e. The molecule has 0 amide bonds. The van der Waals surface area contributed by atoms with Crippen molar-refractivity contribution < 1.29 is 4.74 Å². The van der Waals surface area contributed by atoms with Gasteiger partial charge in [-0.05, 0) is 12.1 Å².